The zero-order chi connectivity index (χ0) is 20.5. The Bertz CT molecular complexity index is 780. The van der Waals surface area contributed by atoms with Crippen LogP contribution in [-0.2, 0) is 11.2 Å². The molecule has 0 bridgehead atoms. The van der Waals surface area contributed by atoms with Crippen molar-refractivity contribution in [1.82, 2.24) is 9.80 Å². The molecule has 1 N–H and O–H groups in total. The van der Waals surface area contributed by atoms with Gasteiger partial charge in [-0.2, -0.15) is 0 Å². The van der Waals surface area contributed by atoms with Crippen LogP contribution < -0.4 is 10.1 Å². The van der Waals surface area contributed by atoms with Gasteiger partial charge in [0.15, 0.2) is 5.75 Å². The van der Waals surface area contributed by atoms with Crippen molar-refractivity contribution in [1.29, 1.82) is 0 Å². The van der Waals surface area contributed by atoms with Crippen LogP contribution in [0.25, 0.3) is 0 Å². The number of para-hydroxylation sites is 1. The molecule has 1 aliphatic rings. The van der Waals surface area contributed by atoms with Crippen molar-refractivity contribution in [2.75, 3.05) is 58.4 Å². The molecule has 0 aromatic heterocycles. The van der Waals surface area contributed by atoms with Crippen molar-refractivity contribution in [2.24, 2.45) is 0 Å². The first kappa shape index (κ1) is 21.4. The number of urea groups is 1. The number of hydrogen-bond acceptors (Lipinski definition) is 4. The number of amides is 2. The number of methoxy groups -OCH3 is 1. The molecule has 0 saturated carbocycles. The van der Waals surface area contributed by atoms with E-state index in [4.69, 9.17) is 21.1 Å². The van der Waals surface area contributed by atoms with Crippen molar-refractivity contribution in [2.45, 2.75) is 6.42 Å². The summed E-state index contributed by atoms with van der Waals surface area (Å²) < 4.78 is 10.7. The number of ether oxygens (including phenoxy) is 2. The Hall–Kier alpha value is -2.28. The molecule has 2 aromatic carbocycles. The van der Waals surface area contributed by atoms with Crippen LogP contribution in [0.1, 0.15) is 5.56 Å². The first-order chi connectivity index (χ1) is 14.2. The van der Waals surface area contributed by atoms with Gasteiger partial charge in [-0.15, -0.1) is 0 Å². The van der Waals surface area contributed by atoms with Crippen LogP contribution in [0.5, 0.6) is 5.75 Å². The standard InChI is InChI=1S/C22H28ClN3O3/c1-28-16-17-29-21-19(23)8-5-9-20(21)24-22(27)26-14-12-25(13-15-26)11-10-18-6-3-2-4-7-18/h2-9H,10-17H2,1H3,(H,24,27). The molecule has 1 heterocycles. The quantitative estimate of drug-likeness (QED) is 0.664. The fraction of sp³-hybridized carbons (Fsp3) is 0.409. The molecule has 0 atom stereocenters. The molecule has 3 rings (SSSR count). The lowest BCUT2D eigenvalue weighted by atomic mass is 10.1. The molecule has 0 unspecified atom stereocenters. The molecule has 2 amide bonds. The van der Waals surface area contributed by atoms with Crippen molar-refractivity contribution < 1.29 is 14.3 Å². The van der Waals surface area contributed by atoms with Gasteiger partial charge < -0.3 is 19.7 Å². The first-order valence-corrected chi connectivity index (χ1v) is 10.3. The first-order valence-electron chi connectivity index (χ1n) is 9.90. The van der Waals surface area contributed by atoms with Gasteiger partial charge in [-0.25, -0.2) is 4.79 Å². The smallest absolute Gasteiger partial charge is 0.322 e. The summed E-state index contributed by atoms with van der Waals surface area (Å²) in [6.45, 7) is 4.94. The lowest BCUT2D eigenvalue weighted by Gasteiger charge is -2.34. The van der Waals surface area contributed by atoms with E-state index in [1.165, 1.54) is 5.56 Å². The third-order valence-electron chi connectivity index (χ3n) is 4.96. The Morgan fingerprint density at radius 1 is 1.03 bits per heavy atom. The largest absolute Gasteiger partial charge is 0.487 e. The Morgan fingerprint density at radius 3 is 2.52 bits per heavy atom. The van der Waals surface area contributed by atoms with E-state index in [1.54, 1.807) is 25.3 Å². The highest BCUT2D eigenvalue weighted by atomic mass is 35.5. The van der Waals surface area contributed by atoms with Crippen molar-refractivity contribution in [3.05, 3.63) is 59.1 Å². The minimum absolute atomic E-state index is 0.133. The van der Waals surface area contributed by atoms with E-state index in [1.807, 2.05) is 11.0 Å². The number of benzene rings is 2. The minimum atomic E-state index is -0.133. The highest BCUT2D eigenvalue weighted by molar-refractivity contribution is 6.32. The van der Waals surface area contributed by atoms with Crippen LogP contribution in [-0.4, -0.2) is 68.9 Å². The van der Waals surface area contributed by atoms with Crippen molar-refractivity contribution in [3.63, 3.8) is 0 Å². The Balaban J connectivity index is 1.49. The van der Waals surface area contributed by atoms with Gasteiger partial charge in [-0.3, -0.25) is 4.90 Å². The summed E-state index contributed by atoms with van der Waals surface area (Å²) in [6.07, 6.45) is 1.03. The SMILES string of the molecule is COCCOc1c(Cl)cccc1NC(=O)N1CCN(CCc2ccccc2)CC1. The number of carbonyl (C=O) groups excluding carboxylic acids is 1. The summed E-state index contributed by atoms with van der Waals surface area (Å²) in [4.78, 5) is 17.0. The zero-order valence-electron chi connectivity index (χ0n) is 16.8. The Morgan fingerprint density at radius 2 is 1.79 bits per heavy atom. The molecule has 6 nitrogen and oxygen atoms in total. The number of rotatable bonds is 8. The van der Waals surface area contributed by atoms with Gasteiger partial charge in [0.2, 0.25) is 0 Å². The van der Waals surface area contributed by atoms with E-state index >= 15 is 0 Å². The number of nitrogens with one attached hydrogen (secondary N) is 1. The predicted octanol–water partition coefficient (Wildman–Crippen LogP) is 3.76. The van der Waals surface area contributed by atoms with Gasteiger partial charge in [-0.05, 0) is 24.1 Å². The summed E-state index contributed by atoms with van der Waals surface area (Å²) in [5.41, 5.74) is 1.92. The molecule has 0 spiro atoms. The van der Waals surface area contributed by atoms with E-state index in [2.05, 4.69) is 34.5 Å². The predicted molar refractivity (Wildman–Crippen MR) is 116 cm³/mol. The molecular weight excluding hydrogens is 390 g/mol. The highest BCUT2D eigenvalue weighted by Gasteiger charge is 2.22. The van der Waals surface area contributed by atoms with E-state index in [9.17, 15) is 4.79 Å². The zero-order valence-corrected chi connectivity index (χ0v) is 17.5. The highest BCUT2D eigenvalue weighted by Crippen LogP contribution is 2.33. The molecule has 2 aromatic rings. The van der Waals surface area contributed by atoms with Crippen molar-refractivity contribution >= 4 is 23.3 Å². The summed E-state index contributed by atoms with van der Waals surface area (Å²) in [5.74, 6) is 0.473. The fourth-order valence-electron chi connectivity index (χ4n) is 3.28. The van der Waals surface area contributed by atoms with Gasteiger partial charge in [0.05, 0.1) is 17.3 Å². The molecule has 0 aliphatic carbocycles. The third-order valence-corrected chi connectivity index (χ3v) is 5.26. The van der Waals surface area contributed by atoms with E-state index in [0.717, 1.165) is 26.1 Å². The summed E-state index contributed by atoms with van der Waals surface area (Å²) >= 11 is 6.24. The molecule has 1 aliphatic heterocycles. The van der Waals surface area contributed by atoms with Crippen LogP contribution in [0.3, 0.4) is 0 Å². The molecule has 0 radical (unpaired) electrons. The average Bonchev–Trinajstić information content (AvgIpc) is 2.75. The Kier molecular flexibility index (Phi) is 8.16. The van der Waals surface area contributed by atoms with Gasteiger partial charge in [0, 0.05) is 39.8 Å². The van der Waals surface area contributed by atoms with E-state index < -0.39 is 0 Å². The second-order valence-electron chi connectivity index (χ2n) is 6.95. The topological polar surface area (TPSA) is 54.0 Å². The molecule has 7 heteroatoms. The maximum absolute atomic E-state index is 12.7. The molecule has 1 saturated heterocycles. The summed E-state index contributed by atoms with van der Waals surface area (Å²) in [7, 11) is 1.61. The number of anilines is 1. The number of piperazine rings is 1. The van der Waals surface area contributed by atoms with E-state index in [0.29, 0.717) is 42.8 Å². The average molecular weight is 418 g/mol. The number of nitrogens with zero attached hydrogens (tertiary/aromatic N) is 2. The van der Waals surface area contributed by atoms with Gasteiger partial charge in [0.25, 0.3) is 0 Å². The minimum Gasteiger partial charge on any atom is -0.487 e. The Labute approximate surface area is 177 Å². The van der Waals surface area contributed by atoms with Crippen LogP contribution in [0.15, 0.2) is 48.5 Å². The number of hydrogen-bond donors (Lipinski definition) is 1. The molecule has 29 heavy (non-hydrogen) atoms. The maximum atomic E-state index is 12.7. The van der Waals surface area contributed by atoms with Crippen LogP contribution >= 0.6 is 11.6 Å². The lowest BCUT2D eigenvalue weighted by Crippen LogP contribution is -2.50. The lowest BCUT2D eigenvalue weighted by molar-refractivity contribution is 0.145. The number of halogens is 1. The summed E-state index contributed by atoms with van der Waals surface area (Å²) in [6, 6.07) is 15.7. The van der Waals surface area contributed by atoms with Gasteiger partial charge in [-0.1, -0.05) is 48.0 Å². The third kappa shape index (κ3) is 6.35. The fourth-order valence-corrected chi connectivity index (χ4v) is 3.51. The molecule has 156 valence electrons. The second-order valence-corrected chi connectivity index (χ2v) is 7.36. The summed E-state index contributed by atoms with van der Waals surface area (Å²) in [5, 5.41) is 3.40. The maximum Gasteiger partial charge on any atom is 0.322 e. The van der Waals surface area contributed by atoms with Crippen molar-refractivity contribution in [3.8, 4) is 5.75 Å². The van der Waals surface area contributed by atoms with Gasteiger partial charge >= 0.3 is 6.03 Å². The molecular formula is C22H28ClN3O3. The van der Waals surface area contributed by atoms with Crippen LogP contribution in [0, 0.1) is 0 Å². The number of carbonyl (C=O) groups is 1. The van der Waals surface area contributed by atoms with Gasteiger partial charge in [0.1, 0.15) is 6.61 Å². The second kappa shape index (κ2) is 11.0. The van der Waals surface area contributed by atoms with Crippen LogP contribution in [0.2, 0.25) is 5.02 Å². The van der Waals surface area contributed by atoms with E-state index in [-0.39, 0.29) is 6.03 Å². The van der Waals surface area contributed by atoms with Crippen LogP contribution in [0.4, 0.5) is 10.5 Å². The normalized spacial score (nSPS) is 14.6. The monoisotopic (exact) mass is 417 g/mol. The molecule has 1 fully saturated rings.